The van der Waals surface area contributed by atoms with Gasteiger partial charge >= 0.3 is 0 Å². The number of carbonyl (C=O) groups excluding carboxylic acids is 1. The third kappa shape index (κ3) is 2.60. The molecule has 1 aromatic heterocycles. The Morgan fingerprint density at radius 2 is 2.17 bits per heavy atom. The molecule has 0 aliphatic carbocycles. The minimum absolute atomic E-state index is 0.133. The van der Waals surface area contributed by atoms with Gasteiger partial charge in [-0.05, 0) is 24.6 Å². The quantitative estimate of drug-likeness (QED) is 0.875. The first-order chi connectivity index (χ1) is 8.58. The summed E-state index contributed by atoms with van der Waals surface area (Å²) in [5, 5.41) is 12.5. The van der Waals surface area contributed by atoms with Crippen molar-refractivity contribution < 1.29 is 9.90 Å². The molecule has 1 heterocycles. The molecule has 2 aromatic rings. The molecule has 2 rings (SSSR count). The van der Waals surface area contributed by atoms with Crippen LogP contribution in [-0.4, -0.2) is 16.0 Å². The predicted octanol–water partition coefficient (Wildman–Crippen LogP) is 3.00. The number of anilines is 1. The summed E-state index contributed by atoms with van der Waals surface area (Å²) >= 11 is 5.87. The van der Waals surface area contributed by atoms with Gasteiger partial charge in [0.1, 0.15) is 5.75 Å². The predicted molar refractivity (Wildman–Crippen MR) is 70.0 cm³/mol. The molecule has 0 radical (unpaired) electrons. The lowest BCUT2D eigenvalue weighted by molar-refractivity contribution is 0.102. The van der Waals surface area contributed by atoms with Gasteiger partial charge in [-0.25, -0.2) is 0 Å². The van der Waals surface area contributed by atoms with Crippen molar-refractivity contribution in [2.45, 2.75) is 6.92 Å². The van der Waals surface area contributed by atoms with Crippen LogP contribution in [0.5, 0.6) is 5.75 Å². The van der Waals surface area contributed by atoms with E-state index in [1.807, 2.05) is 0 Å². The molecule has 0 unspecified atom stereocenters. The number of pyridine rings is 1. The van der Waals surface area contributed by atoms with Crippen LogP contribution in [0.1, 0.15) is 15.9 Å². The Kier molecular flexibility index (Phi) is 3.48. The molecule has 92 valence electrons. The average molecular weight is 263 g/mol. The molecule has 18 heavy (non-hydrogen) atoms. The maximum absolute atomic E-state index is 11.9. The molecule has 1 aromatic carbocycles. The molecule has 4 nitrogen and oxygen atoms in total. The van der Waals surface area contributed by atoms with Crippen LogP contribution in [0.25, 0.3) is 0 Å². The fourth-order valence-electron chi connectivity index (χ4n) is 1.44. The number of halogens is 1. The van der Waals surface area contributed by atoms with Crippen molar-refractivity contribution in [2.24, 2.45) is 0 Å². The van der Waals surface area contributed by atoms with Crippen molar-refractivity contribution >= 4 is 23.2 Å². The van der Waals surface area contributed by atoms with Crippen LogP contribution in [0.4, 0.5) is 5.69 Å². The number of phenols is 1. The highest BCUT2D eigenvalue weighted by Crippen LogP contribution is 2.22. The molecule has 0 spiro atoms. The zero-order chi connectivity index (χ0) is 13.1. The molecule has 5 heteroatoms. The first-order valence-corrected chi connectivity index (χ1v) is 5.66. The lowest BCUT2D eigenvalue weighted by atomic mass is 10.2. The van der Waals surface area contributed by atoms with Crippen LogP contribution in [0.3, 0.4) is 0 Å². The van der Waals surface area contributed by atoms with Gasteiger partial charge in [-0.2, -0.15) is 0 Å². The van der Waals surface area contributed by atoms with E-state index >= 15 is 0 Å². The molecule has 1 amide bonds. The van der Waals surface area contributed by atoms with Crippen LogP contribution < -0.4 is 5.32 Å². The maximum Gasteiger partial charge on any atom is 0.257 e. The zero-order valence-corrected chi connectivity index (χ0v) is 10.4. The third-order valence-corrected chi connectivity index (χ3v) is 2.79. The smallest absolute Gasteiger partial charge is 0.257 e. The summed E-state index contributed by atoms with van der Waals surface area (Å²) in [6.07, 6.45) is 2.90. The normalized spacial score (nSPS) is 10.1. The van der Waals surface area contributed by atoms with Crippen molar-refractivity contribution in [3.8, 4) is 5.75 Å². The highest BCUT2D eigenvalue weighted by Gasteiger charge is 2.10. The van der Waals surface area contributed by atoms with E-state index in [1.54, 1.807) is 19.1 Å². The van der Waals surface area contributed by atoms with Gasteiger partial charge in [0.05, 0.1) is 10.6 Å². The van der Waals surface area contributed by atoms with Crippen molar-refractivity contribution in [2.75, 3.05) is 5.32 Å². The number of rotatable bonds is 2. The van der Waals surface area contributed by atoms with Gasteiger partial charge in [0.15, 0.2) is 0 Å². The number of hydrogen-bond donors (Lipinski definition) is 2. The number of aromatic hydroxyl groups is 1. The number of amides is 1. The second-order valence-electron chi connectivity index (χ2n) is 3.81. The Morgan fingerprint density at radius 3 is 2.83 bits per heavy atom. The Morgan fingerprint density at radius 1 is 1.39 bits per heavy atom. The number of nitrogens with one attached hydrogen (secondary N) is 1. The summed E-state index contributed by atoms with van der Waals surface area (Å²) in [7, 11) is 0. The summed E-state index contributed by atoms with van der Waals surface area (Å²) < 4.78 is 0. The highest BCUT2D eigenvalue weighted by atomic mass is 35.5. The standard InChI is InChI=1S/C13H11ClN2O2/c1-8-2-3-9(6-12(8)17)16-13(18)10-4-5-15-7-11(10)14/h2-7,17H,1H3,(H,16,18). The van der Waals surface area contributed by atoms with E-state index in [2.05, 4.69) is 10.3 Å². The molecular weight excluding hydrogens is 252 g/mol. The maximum atomic E-state index is 11.9. The van der Waals surface area contributed by atoms with Crippen molar-refractivity contribution in [3.05, 3.63) is 52.8 Å². The molecule has 0 atom stereocenters. The largest absolute Gasteiger partial charge is 0.508 e. The van der Waals surface area contributed by atoms with Crippen LogP contribution >= 0.6 is 11.6 Å². The van der Waals surface area contributed by atoms with E-state index in [1.165, 1.54) is 24.5 Å². The zero-order valence-electron chi connectivity index (χ0n) is 9.64. The van der Waals surface area contributed by atoms with Gasteiger partial charge < -0.3 is 10.4 Å². The molecular formula is C13H11ClN2O2. The van der Waals surface area contributed by atoms with Gasteiger partial charge in [0.2, 0.25) is 0 Å². The number of aromatic nitrogens is 1. The SMILES string of the molecule is Cc1ccc(NC(=O)c2ccncc2Cl)cc1O. The summed E-state index contributed by atoms with van der Waals surface area (Å²) in [5.41, 5.74) is 1.60. The number of phenolic OH excluding ortho intramolecular Hbond substituents is 1. The highest BCUT2D eigenvalue weighted by molar-refractivity contribution is 6.34. The number of nitrogens with zero attached hydrogens (tertiary/aromatic N) is 1. The fraction of sp³-hybridized carbons (Fsp3) is 0.0769. The van der Waals surface area contributed by atoms with E-state index in [0.717, 1.165) is 5.56 Å². The number of aryl methyl sites for hydroxylation is 1. The van der Waals surface area contributed by atoms with Gasteiger partial charge in [-0.3, -0.25) is 9.78 Å². The van der Waals surface area contributed by atoms with E-state index in [4.69, 9.17) is 11.6 Å². The van der Waals surface area contributed by atoms with Crippen LogP contribution in [0.2, 0.25) is 5.02 Å². The Hall–Kier alpha value is -2.07. The van der Waals surface area contributed by atoms with Crippen molar-refractivity contribution in [3.63, 3.8) is 0 Å². The van der Waals surface area contributed by atoms with E-state index < -0.39 is 0 Å². The molecule has 0 aliphatic rings. The first kappa shape index (κ1) is 12.4. The van der Waals surface area contributed by atoms with Crippen molar-refractivity contribution in [1.82, 2.24) is 4.98 Å². The Balaban J connectivity index is 2.22. The second-order valence-corrected chi connectivity index (χ2v) is 4.22. The van der Waals surface area contributed by atoms with Crippen LogP contribution in [-0.2, 0) is 0 Å². The van der Waals surface area contributed by atoms with E-state index in [-0.39, 0.29) is 16.7 Å². The molecule has 0 fully saturated rings. The monoisotopic (exact) mass is 262 g/mol. The summed E-state index contributed by atoms with van der Waals surface area (Å²) in [6.45, 7) is 1.78. The average Bonchev–Trinajstić information content (AvgIpc) is 2.34. The second kappa shape index (κ2) is 5.06. The Bertz CT molecular complexity index is 599. The molecule has 0 aliphatic heterocycles. The fourth-order valence-corrected chi connectivity index (χ4v) is 1.65. The minimum atomic E-state index is -0.342. The lowest BCUT2D eigenvalue weighted by Crippen LogP contribution is -2.12. The van der Waals surface area contributed by atoms with Gasteiger partial charge in [-0.15, -0.1) is 0 Å². The lowest BCUT2D eigenvalue weighted by Gasteiger charge is -2.07. The molecule has 0 saturated carbocycles. The Labute approximate surface area is 109 Å². The molecule has 0 bridgehead atoms. The summed E-state index contributed by atoms with van der Waals surface area (Å²) in [5.74, 6) is -0.209. The van der Waals surface area contributed by atoms with Gasteiger partial charge in [-0.1, -0.05) is 17.7 Å². The van der Waals surface area contributed by atoms with Crippen molar-refractivity contribution in [1.29, 1.82) is 0 Å². The first-order valence-electron chi connectivity index (χ1n) is 5.28. The minimum Gasteiger partial charge on any atom is -0.508 e. The van der Waals surface area contributed by atoms with Crippen LogP contribution in [0, 0.1) is 6.92 Å². The summed E-state index contributed by atoms with van der Waals surface area (Å²) in [6, 6.07) is 6.45. The van der Waals surface area contributed by atoms with Crippen LogP contribution in [0.15, 0.2) is 36.7 Å². The van der Waals surface area contributed by atoms with Gasteiger partial charge in [0.25, 0.3) is 5.91 Å². The van der Waals surface area contributed by atoms with Gasteiger partial charge in [0, 0.05) is 24.1 Å². The van der Waals surface area contributed by atoms with E-state index in [0.29, 0.717) is 11.3 Å². The number of hydrogen-bond acceptors (Lipinski definition) is 3. The summed E-state index contributed by atoms with van der Waals surface area (Å²) in [4.78, 5) is 15.7. The molecule has 0 saturated heterocycles. The number of carbonyl (C=O) groups is 1. The third-order valence-electron chi connectivity index (χ3n) is 2.48. The van der Waals surface area contributed by atoms with E-state index in [9.17, 15) is 9.90 Å². The number of benzene rings is 1. The topological polar surface area (TPSA) is 62.2 Å². The molecule has 2 N–H and O–H groups in total.